The van der Waals surface area contributed by atoms with Crippen LogP contribution in [0.5, 0.6) is 5.75 Å². The third kappa shape index (κ3) is 6.02. The Kier molecular flexibility index (Phi) is 8.96. The van der Waals surface area contributed by atoms with E-state index in [1.165, 1.54) is 0 Å². The number of aliphatic hydroxyl groups is 6. The summed E-state index contributed by atoms with van der Waals surface area (Å²) < 4.78 is 26.6. The molecule has 0 amide bonds. The van der Waals surface area contributed by atoms with Crippen LogP contribution in [0.4, 0.5) is 0 Å². The van der Waals surface area contributed by atoms with Gasteiger partial charge < -0.3 is 54.3 Å². The van der Waals surface area contributed by atoms with Gasteiger partial charge in [-0.05, 0) is 17.7 Å². The fourth-order valence-corrected chi connectivity index (χ4v) is 3.36. The van der Waals surface area contributed by atoms with Gasteiger partial charge in [-0.3, -0.25) is 0 Å². The van der Waals surface area contributed by atoms with Crippen molar-refractivity contribution in [2.24, 2.45) is 0 Å². The second-order valence-corrected chi connectivity index (χ2v) is 7.61. The van der Waals surface area contributed by atoms with Crippen LogP contribution in [0.1, 0.15) is 5.56 Å². The van der Waals surface area contributed by atoms with Crippen LogP contribution in [0.15, 0.2) is 30.3 Å². The predicted molar refractivity (Wildman–Crippen MR) is 108 cm³/mol. The lowest BCUT2D eigenvalue weighted by Crippen LogP contribution is -2.60. The number of aliphatic hydroxyl groups excluding tert-OH is 6. The number of ether oxygens (including phenoxy) is 5. The number of methoxy groups -OCH3 is 1. The summed E-state index contributed by atoms with van der Waals surface area (Å²) in [6.07, 6.45) is -8.88. The maximum absolute atomic E-state index is 10.2. The van der Waals surface area contributed by atoms with E-state index < -0.39 is 55.3 Å². The molecule has 11 nitrogen and oxygen atoms in total. The summed E-state index contributed by atoms with van der Waals surface area (Å²) in [5.41, 5.74) is 0.902. The lowest BCUT2D eigenvalue weighted by Gasteiger charge is -2.41. The van der Waals surface area contributed by atoms with Crippen molar-refractivity contribution in [2.75, 3.05) is 26.9 Å². The van der Waals surface area contributed by atoms with E-state index in [0.29, 0.717) is 0 Å². The van der Waals surface area contributed by atoms with Gasteiger partial charge >= 0.3 is 0 Å². The molecule has 0 unspecified atom stereocenters. The second kappa shape index (κ2) is 11.5. The van der Waals surface area contributed by atoms with E-state index >= 15 is 0 Å². The molecule has 0 aromatic heterocycles. The van der Waals surface area contributed by atoms with Gasteiger partial charge in [0.05, 0.1) is 26.9 Å². The minimum Gasteiger partial charge on any atom is -0.497 e. The van der Waals surface area contributed by atoms with Crippen molar-refractivity contribution in [1.29, 1.82) is 0 Å². The van der Waals surface area contributed by atoms with E-state index in [1.807, 2.05) is 24.3 Å². The van der Waals surface area contributed by atoms with Crippen molar-refractivity contribution >= 4 is 6.08 Å². The topological polar surface area (TPSA) is 168 Å². The van der Waals surface area contributed by atoms with Crippen molar-refractivity contribution in [3.63, 3.8) is 0 Å². The lowest BCUT2D eigenvalue weighted by molar-refractivity contribution is -0.319. The summed E-state index contributed by atoms with van der Waals surface area (Å²) in [5, 5.41) is 59.6. The molecule has 1 aromatic rings. The van der Waals surface area contributed by atoms with Crippen LogP contribution < -0.4 is 4.74 Å². The summed E-state index contributed by atoms with van der Waals surface area (Å²) in [6, 6.07) is 7.33. The van der Waals surface area contributed by atoms with E-state index in [9.17, 15) is 30.6 Å². The number of hydrogen-bond donors (Lipinski definition) is 6. The van der Waals surface area contributed by atoms with Crippen LogP contribution in [0.2, 0.25) is 0 Å². The first-order valence-electron chi connectivity index (χ1n) is 10.2. The third-order valence-electron chi connectivity index (χ3n) is 5.33. The summed E-state index contributed by atoms with van der Waals surface area (Å²) in [5.74, 6) is 0.731. The van der Waals surface area contributed by atoms with E-state index in [2.05, 4.69) is 0 Å². The highest BCUT2D eigenvalue weighted by Gasteiger charge is 2.45. The Balaban J connectivity index is 1.51. The average Bonchev–Trinajstić information content (AvgIpc) is 2.80. The fourth-order valence-electron chi connectivity index (χ4n) is 3.36. The zero-order valence-corrected chi connectivity index (χ0v) is 17.5. The zero-order chi connectivity index (χ0) is 23.3. The van der Waals surface area contributed by atoms with E-state index in [0.717, 1.165) is 11.3 Å². The van der Waals surface area contributed by atoms with Gasteiger partial charge in [-0.1, -0.05) is 24.3 Å². The fraction of sp³-hybridized carbons (Fsp3) is 0.619. The monoisotopic (exact) mass is 458 g/mol. The van der Waals surface area contributed by atoms with E-state index in [-0.39, 0.29) is 19.8 Å². The Morgan fingerprint density at radius 1 is 0.875 bits per heavy atom. The van der Waals surface area contributed by atoms with Crippen LogP contribution in [0, 0.1) is 0 Å². The molecule has 11 heteroatoms. The van der Waals surface area contributed by atoms with Crippen molar-refractivity contribution in [3.05, 3.63) is 35.9 Å². The minimum atomic E-state index is -1.56. The molecule has 9 atom stereocenters. The minimum absolute atomic E-state index is 0.0542. The first kappa shape index (κ1) is 25.0. The summed E-state index contributed by atoms with van der Waals surface area (Å²) in [6.45, 7) is -0.527. The number of benzene rings is 1. The van der Waals surface area contributed by atoms with Crippen LogP contribution >= 0.6 is 0 Å². The molecule has 0 aliphatic carbocycles. The molecule has 2 heterocycles. The first-order valence-corrected chi connectivity index (χ1v) is 10.2. The van der Waals surface area contributed by atoms with Gasteiger partial charge in [-0.25, -0.2) is 0 Å². The van der Waals surface area contributed by atoms with Gasteiger partial charge in [-0.2, -0.15) is 0 Å². The highest BCUT2D eigenvalue weighted by molar-refractivity contribution is 5.50. The first-order chi connectivity index (χ1) is 15.3. The highest BCUT2D eigenvalue weighted by atomic mass is 16.7. The van der Waals surface area contributed by atoms with Gasteiger partial charge in [0.15, 0.2) is 12.6 Å². The van der Waals surface area contributed by atoms with Crippen LogP contribution in [-0.4, -0.2) is 113 Å². The molecule has 3 rings (SSSR count). The molecule has 1 aromatic carbocycles. The smallest absolute Gasteiger partial charge is 0.187 e. The normalized spacial score (nSPS) is 38.2. The van der Waals surface area contributed by atoms with Gasteiger partial charge in [0, 0.05) is 0 Å². The van der Waals surface area contributed by atoms with Crippen LogP contribution in [-0.2, 0) is 18.9 Å². The van der Waals surface area contributed by atoms with Gasteiger partial charge in [0.2, 0.25) is 0 Å². The van der Waals surface area contributed by atoms with E-state index in [4.69, 9.17) is 23.7 Å². The van der Waals surface area contributed by atoms with Crippen LogP contribution in [0.3, 0.4) is 0 Å². The molecule has 0 bridgehead atoms. The largest absolute Gasteiger partial charge is 0.497 e. The SMILES string of the molecule is COc1ccc(C=CCO[C@@H]2O[C@H](CO[C@H]3OC[C@H](O)[C@H](O)[C@H]3O)[C@@H](O)[C@H](O)[C@H]2O)cc1. The van der Waals surface area contributed by atoms with Crippen molar-refractivity contribution in [2.45, 2.75) is 55.3 Å². The maximum atomic E-state index is 10.2. The molecular formula is C21H30O11. The molecular weight excluding hydrogens is 428 g/mol. The third-order valence-corrected chi connectivity index (χ3v) is 5.33. The molecule has 0 saturated carbocycles. The summed E-state index contributed by atoms with van der Waals surface area (Å²) in [7, 11) is 1.58. The van der Waals surface area contributed by atoms with Gasteiger partial charge in [0.25, 0.3) is 0 Å². The molecule has 180 valence electrons. The zero-order valence-electron chi connectivity index (χ0n) is 17.5. The Bertz CT molecular complexity index is 727. The summed E-state index contributed by atoms with van der Waals surface area (Å²) in [4.78, 5) is 0. The molecule has 6 N–H and O–H groups in total. The highest BCUT2D eigenvalue weighted by Crippen LogP contribution is 2.24. The van der Waals surface area contributed by atoms with Gasteiger partial charge in [-0.15, -0.1) is 0 Å². The predicted octanol–water partition coefficient (Wildman–Crippen LogP) is -2.01. The average molecular weight is 458 g/mol. The Morgan fingerprint density at radius 2 is 1.56 bits per heavy atom. The van der Waals surface area contributed by atoms with E-state index in [1.54, 1.807) is 19.3 Å². The van der Waals surface area contributed by atoms with Crippen LogP contribution in [0.25, 0.3) is 6.08 Å². The molecule has 32 heavy (non-hydrogen) atoms. The molecule has 0 spiro atoms. The van der Waals surface area contributed by atoms with Crippen molar-refractivity contribution in [3.8, 4) is 5.75 Å². The second-order valence-electron chi connectivity index (χ2n) is 7.61. The molecule has 2 fully saturated rings. The Labute approximate surface area is 185 Å². The lowest BCUT2D eigenvalue weighted by atomic mass is 9.99. The molecule has 2 saturated heterocycles. The number of hydrogen-bond acceptors (Lipinski definition) is 11. The maximum Gasteiger partial charge on any atom is 0.187 e. The van der Waals surface area contributed by atoms with Crippen molar-refractivity contribution in [1.82, 2.24) is 0 Å². The number of rotatable bonds is 8. The molecule has 0 radical (unpaired) electrons. The Morgan fingerprint density at radius 3 is 2.25 bits per heavy atom. The van der Waals surface area contributed by atoms with Crippen molar-refractivity contribution < 1.29 is 54.3 Å². The Hall–Kier alpha value is -1.64. The molecule has 2 aliphatic rings. The molecule has 2 aliphatic heterocycles. The summed E-state index contributed by atoms with van der Waals surface area (Å²) >= 11 is 0. The van der Waals surface area contributed by atoms with Gasteiger partial charge in [0.1, 0.15) is 48.5 Å². The quantitative estimate of drug-likeness (QED) is 0.255. The standard InChI is InChI=1S/C21H30O11/c1-28-12-6-4-11(5-7-12)3-2-8-29-21-19(27)17(25)16(24)14(32-21)10-31-20-18(26)15(23)13(22)9-30-20/h2-7,13-27H,8-10H2,1H3/t13-,14+,15-,16+,17-,18+,19+,20+,21+/m0/s1.